The summed E-state index contributed by atoms with van der Waals surface area (Å²) in [6.45, 7) is 6.45. The van der Waals surface area contributed by atoms with Gasteiger partial charge in [0, 0.05) is 6.42 Å². The van der Waals surface area contributed by atoms with Gasteiger partial charge in [-0.25, -0.2) is 0 Å². The molecule has 0 bridgehead atoms. The summed E-state index contributed by atoms with van der Waals surface area (Å²) in [5.74, 6) is 0.623. The highest BCUT2D eigenvalue weighted by molar-refractivity contribution is 4.79. The van der Waals surface area contributed by atoms with Gasteiger partial charge in [0.15, 0.2) is 12.6 Å². The van der Waals surface area contributed by atoms with Crippen LogP contribution in [0, 0.1) is 5.92 Å². The first kappa shape index (κ1) is 21.5. The van der Waals surface area contributed by atoms with Crippen LogP contribution in [-0.2, 0) is 18.9 Å². The first-order valence-electron chi connectivity index (χ1n) is 11.7. The molecule has 3 fully saturated rings. The number of hydrogen-bond donors (Lipinski definition) is 0. The fourth-order valence-corrected chi connectivity index (χ4v) is 5.25. The highest BCUT2D eigenvalue weighted by Gasteiger charge is 2.31. The maximum atomic E-state index is 6.28. The molecular weight excluding hydrogens is 340 g/mol. The van der Waals surface area contributed by atoms with E-state index in [9.17, 15) is 0 Å². The molecule has 3 rings (SSSR count). The minimum Gasteiger partial charge on any atom is -0.350 e. The van der Waals surface area contributed by atoms with E-state index in [4.69, 9.17) is 18.9 Å². The van der Waals surface area contributed by atoms with Gasteiger partial charge in [0.05, 0.1) is 24.4 Å². The molecule has 4 unspecified atom stereocenters. The second kappa shape index (κ2) is 11.1. The van der Waals surface area contributed by atoms with Crippen molar-refractivity contribution in [3.63, 3.8) is 0 Å². The Labute approximate surface area is 166 Å². The molecule has 0 radical (unpaired) electrons. The summed E-state index contributed by atoms with van der Waals surface area (Å²) in [4.78, 5) is 0. The molecule has 0 amide bonds. The fraction of sp³-hybridized carbons (Fsp3) is 1.00. The summed E-state index contributed by atoms with van der Waals surface area (Å²) in [5.41, 5.74) is 0. The molecule has 0 saturated heterocycles. The van der Waals surface area contributed by atoms with Crippen molar-refractivity contribution in [3.05, 3.63) is 0 Å². The molecule has 3 aliphatic rings. The van der Waals surface area contributed by atoms with E-state index in [1.165, 1.54) is 64.2 Å². The molecule has 0 N–H and O–H groups in total. The van der Waals surface area contributed by atoms with Gasteiger partial charge < -0.3 is 18.9 Å². The lowest BCUT2D eigenvalue weighted by Gasteiger charge is -2.37. The maximum Gasteiger partial charge on any atom is 0.155 e. The molecule has 0 spiro atoms. The molecular formula is C23H42O4. The minimum atomic E-state index is -0.111. The summed E-state index contributed by atoms with van der Waals surface area (Å²) in [5, 5.41) is 0. The number of ether oxygens (including phenoxy) is 4. The van der Waals surface area contributed by atoms with Crippen LogP contribution in [0.4, 0.5) is 0 Å². The number of hydrogen-bond acceptors (Lipinski definition) is 4. The van der Waals surface area contributed by atoms with Crippen LogP contribution in [0.3, 0.4) is 0 Å². The Kier molecular flexibility index (Phi) is 8.89. The minimum absolute atomic E-state index is 0.111. The van der Waals surface area contributed by atoms with E-state index in [1.807, 2.05) is 0 Å². The fourth-order valence-electron chi connectivity index (χ4n) is 5.25. The van der Waals surface area contributed by atoms with Crippen LogP contribution >= 0.6 is 0 Å². The molecule has 4 atom stereocenters. The first-order chi connectivity index (χ1) is 13.1. The van der Waals surface area contributed by atoms with Crippen molar-refractivity contribution < 1.29 is 18.9 Å². The van der Waals surface area contributed by atoms with Gasteiger partial charge in [0.1, 0.15) is 0 Å². The zero-order valence-corrected chi connectivity index (χ0v) is 17.9. The quantitative estimate of drug-likeness (QED) is 0.485. The molecule has 4 heteroatoms. The third kappa shape index (κ3) is 7.64. The third-order valence-electron chi connectivity index (χ3n) is 6.50. The molecule has 3 saturated carbocycles. The molecule has 0 aliphatic heterocycles. The maximum absolute atomic E-state index is 6.28. The molecule has 0 aromatic carbocycles. The van der Waals surface area contributed by atoms with Crippen molar-refractivity contribution in [2.24, 2.45) is 5.92 Å². The van der Waals surface area contributed by atoms with Crippen LogP contribution in [-0.4, -0.2) is 37.0 Å². The zero-order chi connectivity index (χ0) is 19.1. The summed E-state index contributed by atoms with van der Waals surface area (Å²) >= 11 is 0. The van der Waals surface area contributed by atoms with Gasteiger partial charge in [0.25, 0.3) is 0 Å². The first-order valence-corrected chi connectivity index (χ1v) is 11.7. The van der Waals surface area contributed by atoms with Crippen molar-refractivity contribution in [2.75, 3.05) is 0 Å². The zero-order valence-electron chi connectivity index (χ0n) is 17.9. The molecule has 27 heavy (non-hydrogen) atoms. The predicted octanol–water partition coefficient (Wildman–Crippen LogP) is 5.97. The van der Waals surface area contributed by atoms with Gasteiger partial charge in [-0.15, -0.1) is 0 Å². The average molecular weight is 383 g/mol. The van der Waals surface area contributed by atoms with Gasteiger partial charge >= 0.3 is 0 Å². The molecule has 0 aromatic heterocycles. The highest BCUT2D eigenvalue weighted by atomic mass is 16.7. The normalized spacial score (nSPS) is 33.7. The van der Waals surface area contributed by atoms with Crippen LogP contribution in [0.2, 0.25) is 0 Å². The van der Waals surface area contributed by atoms with E-state index in [0.29, 0.717) is 18.1 Å². The lowest BCUT2D eigenvalue weighted by Crippen LogP contribution is -2.38. The van der Waals surface area contributed by atoms with E-state index in [1.54, 1.807) is 0 Å². The van der Waals surface area contributed by atoms with Crippen LogP contribution in [0.15, 0.2) is 0 Å². The Bertz CT molecular complexity index is 367. The van der Waals surface area contributed by atoms with Crippen LogP contribution in [0.1, 0.15) is 104 Å². The van der Waals surface area contributed by atoms with Gasteiger partial charge in [-0.05, 0) is 58.3 Å². The summed E-state index contributed by atoms with van der Waals surface area (Å²) < 4.78 is 24.9. The Balaban J connectivity index is 1.39. The van der Waals surface area contributed by atoms with E-state index in [0.717, 1.165) is 19.3 Å². The average Bonchev–Trinajstić information content (AvgIpc) is 2.62. The highest BCUT2D eigenvalue weighted by Crippen LogP contribution is 2.31. The molecule has 3 aliphatic carbocycles. The van der Waals surface area contributed by atoms with Crippen molar-refractivity contribution in [3.8, 4) is 0 Å². The Hall–Kier alpha value is -0.160. The Morgan fingerprint density at radius 3 is 1.30 bits per heavy atom. The van der Waals surface area contributed by atoms with Crippen LogP contribution in [0.25, 0.3) is 0 Å². The third-order valence-corrected chi connectivity index (χ3v) is 6.50. The number of rotatable bonds is 8. The van der Waals surface area contributed by atoms with E-state index >= 15 is 0 Å². The summed E-state index contributed by atoms with van der Waals surface area (Å²) in [6.07, 6.45) is 16.9. The van der Waals surface area contributed by atoms with Gasteiger partial charge in [-0.3, -0.25) is 0 Å². The Morgan fingerprint density at radius 2 is 0.889 bits per heavy atom. The monoisotopic (exact) mass is 382 g/mol. The topological polar surface area (TPSA) is 36.9 Å². The molecule has 158 valence electrons. The van der Waals surface area contributed by atoms with Crippen molar-refractivity contribution in [1.82, 2.24) is 0 Å². The van der Waals surface area contributed by atoms with Gasteiger partial charge in [0.2, 0.25) is 0 Å². The van der Waals surface area contributed by atoms with Crippen molar-refractivity contribution in [1.29, 1.82) is 0 Å². The molecule has 0 aromatic rings. The van der Waals surface area contributed by atoms with Crippen molar-refractivity contribution in [2.45, 2.75) is 141 Å². The molecule has 4 nitrogen and oxygen atoms in total. The second-order valence-electron chi connectivity index (χ2n) is 9.26. The van der Waals surface area contributed by atoms with Gasteiger partial charge in [-0.1, -0.05) is 45.4 Å². The van der Waals surface area contributed by atoms with Gasteiger partial charge in [-0.2, -0.15) is 0 Å². The smallest absolute Gasteiger partial charge is 0.155 e. The van der Waals surface area contributed by atoms with Crippen LogP contribution in [0.5, 0.6) is 0 Å². The summed E-state index contributed by atoms with van der Waals surface area (Å²) in [7, 11) is 0. The van der Waals surface area contributed by atoms with E-state index in [2.05, 4.69) is 20.8 Å². The van der Waals surface area contributed by atoms with E-state index < -0.39 is 0 Å². The van der Waals surface area contributed by atoms with Crippen LogP contribution < -0.4 is 0 Å². The second-order valence-corrected chi connectivity index (χ2v) is 9.26. The predicted molar refractivity (Wildman–Crippen MR) is 108 cm³/mol. The molecule has 0 heterocycles. The Morgan fingerprint density at radius 1 is 0.519 bits per heavy atom. The standard InChI is InChI=1S/C23H42O4/c1-17-14-22(26-18(2)24-20-10-6-4-7-11-20)16-23(15-17)27-19(3)25-21-12-8-5-9-13-21/h17-23H,4-16H2,1-3H3. The van der Waals surface area contributed by atoms with Crippen molar-refractivity contribution >= 4 is 0 Å². The largest absolute Gasteiger partial charge is 0.350 e. The summed E-state index contributed by atoms with van der Waals surface area (Å²) in [6, 6.07) is 0. The SMILES string of the molecule is CC1CC(OC(C)OC2CCCCC2)CC(OC(C)OC2CCCCC2)C1. The lowest BCUT2D eigenvalue weighted by molar-refractivity contribution is -0.227. The lowest BCUT2D eigenvalue weighted by atomic mass is 9.86. The van der Waals surface area contributed by atoms with E-state index in [-0.39, 0.29) is 24.8 Å².